The fourth-order valence-corrected chi connectivity index (χ4v) is 2.99. The first-order valence-electron chi connectivity index (χ1n) is 10.2. The molecule has 0 spiro atoms. The minimum Gasteiger partial charge on any atom is -0.508 e. The Labute approximate surface area is 176 Å². The molecule has 1 rings (SSSR count). The summed E-state index contributed by atoms with van der Waals surface area (Å²) in [6, 6.07) is 10.3. The number of hydrogen-bond acceptors (Lipinski definition) is 4. The van der Waals surface area contributed by atoms with Crippen molar-refractivity contribution < 1.29 is 10.2 Å². The van der Waals surface area contributed by atoms with Crippen molar-refractivity contribution in [2.75, 3.05) is 26.2 Å². The topological polar surface area (TPSA) is 55.7 Å². The van der Waals surface area contributed by atoms with Crippen LogP contribution in [0.25, 0.3) is 0 Å². The summed E-state index contributed by atoms with van der Waals surface area (Å²) in [6.07, 6.45) is 9.82. The van der Waals surface area contributed by atoms with Crippen LogP contribution in [-0.2, 0) is 6.54 Å². The van der Waals surface area contributed by atoms with Crippen LogP contribution < -0.4 is 5.32 Å². The third-order valence-corrected chi connectivity index (χ3v) is 4.54. The summed E-state index contributed by atoms with van der Waals surface area (Å²) in [5, 5.41) is 24.0. The Morgan fingerprint density at radius 2 is 1.66 bits per heavy atom. The number of allylic oxidation sites excluding steroid dienone is 5. The molecule has 0 aliphatic rings. The maximum Gasteiger partial charge on any atom is 0.115 e. The quantitative estimate of drug-likeness (QED) is 0.236. The van der Waals surface area contributed by atoms with E-state index in [4.69, 9.17) is 0 Å². The van der Waals surface area contributed by atoms with E-state index < -0.39 is 0 Å². The van der Waals surface area contributed by atoms with E-state index in [1.807, 2.05) is 44.2 Å². The normalized spacial score (nSPS) is 13.8. The van der Waals surface area contributed by atoms with Crippen LogP contribution in [0.4, 0.5) is 0 Å². The second-order valence-electron chi connectivity index (χ2n) is 6.79. The van der Waals surface area contributed by atoms with Crippen molar-refractivity contribution in [3.05, 3.63) is 95.5 Å². The molecule has 0 heterocycles. The largest absolute Gasteiger partial charge is 0.508 e. The van der Waals surface area contributed by atoms with Crippen molar-refractivity contribution in [1.82, 2.24) is 10.2 Å². The predicted octanol–water partition coefficient (Wildman–Crippen LogP) is 5.45. The molecule has 4 heteroatoms. The van der Waals surface area contributed by atoms with E-state index in [0.29, 0.717) is 18.8 Å². The zero-order valence-corrected chi connectivity index (χ0v) is 18.1. The standard InChI is InChI=1S/C25H36N2O2/c1-5-12-22(24(28)7-3)19-27(20-23(13-6-2)25(29)8-4)17-16-26-18-21-14-10-9-11-15-21/h5,7-15,26,28-29H,1,6,16-20H2,2-4H3/b22-12-,23-13-,24-7+,25-8+. The molecular weight excluding hydrogens is 360 g/mol. The zero-order chi connectivity index (χ0) is 21.5. The van der Waals surface area contributed by atoms with Crippen molar-refractivity contribution in [2.24, 2.45) is 0 Å². The van der Waals surface area contributed by atoms with Crippen molar-refractivity contribution >= 4 is 0 Å². The molecule has 0 aromatic heterocycles. The molecule has 0 aliphatic heterocycles. The maximum absolute atomic E-state index is 10.3. The first kappa shape index (κ1) is 24.5. The maximum atomic E-state index is 10.3. The number of hydrogen-bond donors (Lipinski definition) is 3. The van der Waals surface area contributed by atoms with E-state index >= 15 is 0 Å². The molecule has 0 saturated carbocycles. The summed E-state index contributed by atoms with van der Waals surface area (Å²) in [6.45, 7) is 13.0. The van der Waals surface area contributed by atoms with E-state index in [0.717, 1.165) is 37.2 Å². The van der Waals surface area contributed by atoms with Gasteiger partial charge in [0.2, 0.25) is 0 Å². The second-order valence-corrected chi connectivity index (χ2v) is 6.79. The third kappa shape index (κ3) is 9.46. The molecule has 3 N–H and O–H groups in total. The smallest absolute Gasteiger partial charge is 0.115 e. The highest BCUT2D eigenvalue weighted by Gasteiger charge is 2.14. The molecule has 0 atom stereocenters. The van der Waals surface area contributed by atoms with E-state index in [-0.39, 0.29) is 5.76 Å². The average molecular weight is 397 g/mol. The Morgan fingerprint density at radius 1 is 1.03 bits per heavy atom. The van der Waals surface area contributed by atoms with Crippen LogP contribution in [0, 0.1) is 0 Å². The first-order chi connectivity index (χ1) is 14.0. The Morgan fingerprint density at radius 3 is 2.24 bits per heavy atom. The zero-order valence-electron chi connectivity index (χ0n) is 18.1. The van der Waals surface area contributed by atoms with Crippen LogP contribution in [0.1, 0.15) is 32.8 Å². The molecule has 1 aromatic carbocycles. The SMILES string of the molecule is C=C/C=C(CN(CCNCc1ccccc1)CC(=C/CC)/C(O)=C\C)\C(O)=C/C. The molecular formula is C25H36N2O2. The van der Waals surface area contributed by atoms with E-state index in [1.54, 1.807) is 18.2 Å². The van der Waals surface area contributed by atoms with E-state index in [1.165, 1.54) is 5.56 Å². The monoisotopic (exact) mass is 396 g/mol. The van der Waals surface area contributed by atoms with Crippen LogP contribution in [0.3, 0.4) is 0 Å². The number of aliphatic hydroxyl groups excluding tert-OH is 2. The van der Waals surface area contributed by atoms with Gasteiger partial charge in [-0.2, -0.15) is 0 Å². The molecule has 29 heavy (non-hydrogen) atoms. The lowest BCUT2D eigenvalue weighted by molar-refractivity contribution is 0.299. The van der Waals surface area contributed by atoms with Gasteiger partial charge in [0.15, 0.2) is 0 Å². The van der Waals surface area contributed by atoms with Gasteiger partial charge in [-0.25, -0.2) is 0 Å². The number of nitrogens with zero attached hydrogens (tertiary/aromatic N) is 1. The fourth-order valence-electron chi connectivity index (χ4n) is 2.99. The van der Waals surface area contributed by atoms with Crippen molar-refractivity contribution in [1.29, 1.82) is 0 Å². The molecule has 0 fully saturated rings. The molecule has 0 aliphatic carbocycles. The van der Waals surface area contributed by atoms with Gasteiger partial charge in [0.1, 0.15) is 11.5 Å². The van der Waals surface area contributed by atoms with Crippen LogP contribution >= 0.6 is 0 Å². The molecule has 0 amide bonds. The number of benzene rings is 1. The molecule has 0 bridgehead atoms. The van der Waals surface area contributed by atoms with E-state index in [2.05, 4.69) is 35.9 Å². The van der Waals surface area contributed by atoms with Crippen molar-refractivity contribution in [2.45, 2.75) is 33.7 Å². The van der Waals surface area contributed by atoms with Gasteiger partial charge in [0.25, 0.3) is 0 Å². The van der Waals surface area contributed by atoms with Gasteiger partial charge in [-0.05, 0) is 38.0 Å². The van der Waals surface area contributed by atoms with Crippen LogP contribution in [0.2, 0.25) is 0 Å². The predicted molar refractivity (Wildman–Crippen MR) is 124 cm³/mol. The number of rotatable bonds is 13. The van der Waals surface area contributed by atoms with Gasteiger partial charge in [-0.3, -0.25) is 4.90 Å². The molecule has 4 nitrogen and oxygen atoms in total. The van der Waals surface area contributed by atoms with Gasteiger partial charge in [0.05, 0.1) is 0 Å². The van der Waals surface area contributed by atoms with Gasteiger partial charge in [0, 0.05) is 43.9 Å². The molecule has 0 saturated heterocycles. The summed E-state index contributed by atoms with van der Waals surface area (Å²) in [7, 11) is 0. The summed E-state index contributed by atoms with van der Waals surface area (Å²) in [4.78, 5) is 2.22. The Kier molecular flexibility index (Phi) is 12.2. The minimum atomic E-state index is 0.253. The lowest BCUT2D eigenvalue weighted by Gasteiger charge is -2.25. The molecule has 1 aromatic rings. The highest BCUT2D eigenvalue weighted by atomic mass is 16.3. The number of nitrogens with one attached hydrogen (secondary N) is 1. The average Bonchev–Trinajstić information content (AvgIpc) is 2.75. The van der Waals surface area contributed by atoms with Crippen LogP contribution in [-0.4, -0.2) is 41.3 Å². The van der Waals surface area contributed by atoms with Gasteiger partial charge >= 0.3 is 0 Å². The minimum absolute atomic E-state index is 0.253. The lowest BCUT2D eigenvalue weighted by Crippen LogP contribution is -2.35. The van der Waals surface area contributed by atoms with Gasteiger partial charge in [-0.1, -0.05) is 62.1 Å². The second kappa shape index (κ2) is 14.4. The Bertz CT molecular complexity index is 730. The van der Waals surface area contributed by atoms with Crippen molar-refractivity contribution in [3.63, 3.8) is 0 Å². The van der Waals surface area contributed by atoms with Crippen LogP contribution in [0.5, 0.6) is 0 Å². The Balaban J connectivity index is 2.87. The number of aliphatic hydroxyl groups is 2. The highest BCUT2D eigenvalue weighted by molar-refractivity contribution is 5.31. The molecule has 158 valence electrons. The van der Waals surface area contributed by atoms with Gasteiger partial charge < -0.3 is 15.5 Å². The highest BCUT2D eigenvalue weighted by Crippen LogP contribution is 2.14. The fraction of sp³-hybridized carbons (Fsp3) is 0.360. The third-order valence-electron chi connectivity index (χ3n) is 4.54. The molecule has 0 unspecified atom stereocenters. The van der Waals surface area contributed by atoms with E-state index in [9.17, 15) is 10.2 Å². The van der Waals surface area contributed by atoms with Crippen molar-refractivity contribution in [3.8, 4) is 0 Å². The molecule has 0 radical (unpaired) electrons. The van der Waals surface area contributed by atoms with Crippen LogP contribution in [0.15, 0.2) is 90.0 Å². The summed E-state index contributed by atoms with van der Waals surface area (Å²) in [5.41, 5.74) is 2.95. The summed E-state index contributed by atoms with van der Waals surface area (Å²) >= 11 is 0. The van der Waals surface area contributed by atoms with Gasteiger partial charge in [-0.15, -0.1) is 0 Å². The first-order valence-corrected chi connectivity index (χ1v) is 10.2. The lowest BCUT2D eigenvalue weighted by atomic mass is 10.1. The summed E-state index contributed by atoms with van der Waals surface area (Å²) in [5.74, 6) is 0.557. The summed E-state index contributed by atoms with van der Waals surface area (Å²) < 4.78 is 0. The Hall–Kier alpha value is -2.56.